The molecule has 1 aromatic rings. The Hall–Kier alpha value is -1.46. The van der Waals surface area contributed by atoms with Gasteiger partial charge in [0.25, 0.3) is 0 Å². The Balaban J connectivity index is 2.43. The van der Waals surface area contributed by atoms with Crippen molar-refractivity contribution in [1.29, 1.82) is 0 Å². The van der Waals surface area contributed by atoms with E-state index >= 15 is 0 Å². The molecule has 3 N–H and O–H groups in total. The second-order valence-electron chi connectivity index (χ2n) is 3.89. The Morgan fingerprint density at radius 2 is 2.35 bits per heavy atom. The Kier molecular flexibility index (Phi) is 5.59. The predicted molar refractivity (Wildman–Crippen MR) is 66.7 cm³/mol. The van der Waals surface area contributed by atoms with Gasteiger partial charge in [-0.3, -0.25) is 4.79 Å². The minimum Gasteiger partial charge on any atom is -0.385 e. The molecule has 1 amide bonds. The van der Waals surface area contributed by atoms with E-state index in [1.807, 2.05) is 19.1 Å². The maximum atomic E-state index is 11.7. The molecule has 0 aliphatic heterocycles. The molecule has 0 bridgehead atoms. The standard InChI is InChI=1S/C12H19N3O2/c1-9-5-3-7-11(14-9)15-12(16)10(13)6-4-8-17-2/h3,5,7,10H,4,6,8,13H2,1-2H3,(H,14,15,16). The Morgan fingerprint density at radius 3 is 3.00 bits per heavy atom. The molecule has 0 aliphatic carbocycles. The number of nitrogens with one attached hydrogen (secondary N) is 1. The van der Waals surface area contributed by atoms with Crippen molar-refractivity contribution < 1.29 is 9.53 Å². The zero-order valence-electron chi connectivity index (χ0n) is 10.3. The molecule has 0 fully saturated rings. The van der Waals surface area contributed by atoms with Gasteiger partial charge in [0.15, 0.2) is 0 Å². The topological polar surface area (TPSA) is 77.2 Å². The number of rotatable bonds is 6. The van der Waals surface area contributed by atoms with Crippen molar-refractivity contribution in [3.8, 4) is 0 Å². The third-order valence-corrected chi connectivity index (χ3v) is 2.34. The van der Waals surface area contributed by atoms with Crippen molar-refractivity contribution in [1.82, 2.24) is 4.98 Å². The van der Waals surface area contributed by atoms with E-state index in [1.54, 1.807) is 13.2 Å². The van der Waals surface area contributed by atoms with Gasteiger partial charge >= 0.3 is 0 Å². The summed E-state index contributed by atoms with van der Waals surface area (Å²) in [6, 6.07) is 4.93. The van der Waals surface area contributed by atoms with Gasteiger partial charge in [-0.15, -0.1) is 0 Å². The molecule has 1 aromatic heterocycles. The summed E-state index contributed by atoms with van der Waals surface area (Å²) in [5.41, 5.74) is 6.61. The van der Waals surface area contributed by atoms with Crippen LogP contribution in [0, 0.1) is 6.92 Å². The number of hydrogen-bond acceptors (Lipinski definition) is 4. The molecule has 1 heterocycles. The van der Waals surface area contributed by atoms with Crippen molar-refractivity contribution in [3.63, 3.8) is 0 Å². The number of ether oxygens (including phenoxy) is 1. The lowest BCUT2D eigenvalue weighted by Crippen LogP contribution is -2.36. The van der Waals surface area contributed by atoms with Gasteiger partial charge in [-0.25, -0.2) is 4.98 Å². The number of amides is 1. The molecule has 5 heteroatoms. The van der Waals surface area contributed by atoms with E-state index in [9.17, 15) is 4.79 Å². The SMILES string of the molecule is COCCCC(N)C(=O)Nc1cccc(C)n1. The molecule has 1 unspecified atom stereocenters. The van der Waals surface area contributed by atoms with Crippen LogP contribution in [0.25, 0.3) is 0 Å². The summed E-state index contributed by atoms with van der Waals surface area (Å²) < 4.78 is 4.91. The fourth-order valence-electron chi connectivity index (χ4n) is 1.41. The fourth-order valence-corrected chi connectivity index (χ4v) is 1.41. The first kappa shape index (κ1) is 13.6. The number of aryl methyl sites for hydroxylation is 1. The third kappa shape index (κ3) is 4.93. The molecule has 1 rings (SSSR count). The molecule has 0 saturated carbocycles. The highest BCUT2D eigenvalue weighted by atomic mass is 16.5. The van der Waals surface area contributed by atoms with Crippen LogP contribution < -0.4 is 11.1 Å². The third-order valence-electron chi connectivity index (χ3n) is 2.34. The van der Waals surface area contributed by atoms with Crippen LogP contribution in [0.1, 0.15) is 18.5 Å². The largest absolute Gasteiger partial charge is 0.385 e. The van der Waals surface area contributed by atoms with Gasteiger partial charge in [-0.2, -0.15) is 0 Å². The summed E-state index contributed by atoms with van der Waals surface area (Å²) >= 11 is 0. The molecule has 5 nitrogen and oxygen atoms in total. The molecule has 0 aromatic carbocycles. The number of carbonyl (C=O) groups excluding carboxylic acids is 1. The van der Waals surface area contributed by atoms with Crippen molar-refractivity contribution in [2.24, 2.45) is 5.73 Å². The lowest BCUT2D eigenvalue weighted by atomic mass is 10.1. The number of hydrogen-bond donors (Lipinski definition) is 2. The molecule has 0 aliphatic rings. The highest BCUT2D eigenvalue weighted by molar-refractivity contribution is 5.93. The van der Waals surface area contributed by atoms with E-state index in [1.165, 1.54) is 0 Å². The van der Waals surface area contributed by atoms with Gasteiger partial charge in [0.1, 0.15) is 5.82 Å². The summed E-state index contributed by atoms with van der Waals surface area (Å²) in [7, 11) is 1.63. The molecular weight excluding hydrogens is 218 g/mol. The number of aromatic nitrogens is 1. The van der Waals surface area contributed by atoms with Crippen LogP contribution in [-0.2, 0) is 9.53 Å². The van der Waals surface area contributed by atoms with Gasteiger partial charge in [0.05, 0.1) is 6.04 Å². The molecule has 94 valence electrons. The molecule has 0 saturated heterocycles. The van der Waals surface area contributed by atoms with Crippen LogP contribution in [0.2, 0.25) is 0 Å². The second kappa shape index (κ2) is 6.98. The van der Waals surface area contributed by atoms with Crippen LogP contribution in [0.4, 0.5) is 5.82 Å². The monoisotopic (exact) mass is 237 g/mol. The van der Waals surface area contributed by atoms with Gasteiger partial charge < -0.3 is 15.8 Å². The van der Waals surface area contributed by atoms with Gasteiger partial charge in [-0.05, 0) is 31.9 Å². The number of pyridine rings is 1. The summed E-state index contributed by atoms with van der Waals surface area (Å²) in [4.78, 5) is 15.9. The smallest absolute Gasteiger partial charge is 0.242 e. The van der Waals surface area contributed by atoms with E-state index in [2.05, 4.69) is 10.3 Å². The summed E-state index contributed by atoms with van der Waals surface area (Å²) in [6.07, 6.45) is 1.37. The lowest BCUT2D eigenvalue weighted by Gasteiger charge is -2.11. The van der Waals surface area contributed by atoms with Crippen LogP contribution in [-0.4, -0.2) is 30.6 Å². The molecular formula is C12H19N3O2. The van der Waals surface area contributed by atoms with E-state index in [0.29, 0.717) is 18.8 Å². The first-order valence-corrected chi connectivity index (χ1v) is 5.62. The summed E-state index contributed by atoms with van der Waals surface area (Å²) in [5.74, 6) is 0.330. The van der Waals surface area contributed by atoms with Gasteiger partial charge in [-0.1, -0.05) is 6.07 Å². The molecule has 17 heavy (non-hydrogen) atoms. The van der Waals surface area contributed by atoms with Crippen molar-refractivity contribution >= 4 is 11.7 Å². The number of carbonyl (C=O) groups is 1. The molecule has 1 atom stereocenters. The quantitative estimate of drug-likeness (QED) is 0.726. The maximum Gasteiger partial charge on any atom is 0.242 e. The van der Waals surface area contributed by atoms with Crippen molar-refractivity contribution in [3.05, 3.63) is 23.9 Å². The number of methoxy groups -OCH3 is 1. The summed E-state index contributed by atoms with van der Waals surface area (Å²) in [5, 5.41) is 2.69. The fraction of sp³-hybridized carbons (Fsp3) is 0.500. The van der Waals surface area contributed by atoms with Crippen molar-refractivity contribution in [2.45, 2.75) is 25.8 Å². The van der Waals surface area contributed by atoms with Crippen LogP contribution in [0.15, 0.2) is 18.2 Å². The second-order valence-corrected chi connectivity index (χ2v) is 3.89. The Morgan fingerprint density at radius 1 is 1.59 bits per heavy atom. The Labute approximate surface area is 101 Å². The van der Waals surface area contributed by atoms with E-state index in [-0.39, 0.29) is 5.91 Å². The highest BCUT2D eigenvalue weighted by Gasteiger charge is 2.13. The normalized spacial score (nSPS) is 12.2. The average molecular weight is 237 g/mol. The molecule has 0 spiro atoms. The lowest BCUT2D eigenvalue weighted by molar-refractivity contribution is -0.117. The van der Waals surface area contributed by atoms with Crippen LogP contribution >= 0.6 is 0 Å². The summed E-state index contributed by atoms with van der Waals surface area (Å²) in [6.45, 7) is 2.48. The number of nitrogens with zero attached hydrogens (tertiary/aromatic N) is 1. The van der Waals surface area contributed by atoms with E-state index < -0.39 is 6.04 Å². The van der Waals surface area contributed by atoms with Crippen LogP contribution in [0.5, 0.6) is 0 Å². The predicted octanol–water partition coefficient (Wildman–Crippen LogP) is 1.08. The Bertz CT molecular complexity index is 369. The maximum absolute atomic E-state index is 11.7. The minimum absolute atomic E-state index is 0.209. The van der Waals surface area contributed by atoms with Gasteiger partial charge in [0, 0.05) is 19.4 Å². The van der Waals surface area contributed by atoms with E-state index in [4.69, 9.17) is 10.5 Å². The highest BCUT2D eigenvalue weighted by Crippen LogP contribution is 2.05. The number of anilines is 1. The average Bonchev–Trinajstić information content (AvgIpc) is 2.29. The van der Waals surface area contributed by atoms with Gasteiger partial charge in [0.2, 0.25) is 5.91 Å². The first-order valence-electron chi connectivity index (χ1n) is 5.62. The zero-order valence-corrected chi connectivity index (χ0v) is 10.3. The van der Waals surface area contributed by atoms with E-state index in [0.717, 1.165) is 12.1 Å². The van der Waals surface area contributed by atoms with Crippen molar-refractivity contribution in [2.75, 3.05) is 19.0 Å². The number of nitrogens with two attached hydrogens (primary N) is 1. The first-order chi connectivity index (χ1) is 8.13. The molecule has 0 radical (unpaired) electrons. The zero-order chi connectivity index (χ0) is 12.7. The van der Waals surface area contributed by atoms with Crippen LogP contribution in [0.3, 0.4) is 0 Å². The minimum atomic E-state index is -0.521.